The predicted molar refractivity (Wildman–Crippen MR) is 108 cm³/mol. The monoisotopic (exact) mass is 371 g/mol. The molecule has 1 heterocycles. The van der Waals surface area contributed by atoms with Crippen molar-refractivity contribution in [2.24, 2.45) is 5.92 Å². The number of carbonyl (C=O) groups is 1. The van der Waals surface area contributed by atoms with Crippen LogP contribution in [0.4, 0.5) is 0 Å². The summed E-state index contributed by atoms with van der Waals surface area (Å²) >= 11 is 0. The van der Waals surface area contributed by atoms with Gasteiger partial charge in [0.1, 0.15) is 6.04 Å². The number of benzene rings is 1. The summed E-state index contributed by atoms with van der Waals surface area (Å²) in [5.74, 6) is -0.570. The molecule has 0 bridgehead atoms. The third kappa shape index (κ3) is 5.34. The van der Waals surface area contributed by atoms with Crippen molar-refractivity contribution in [2.45, 2.75) is 63.3 Å². The molecule has 1 aliphatic carbocycles. The van der Waals surface area contributed by atoms with Crippen LogP contribution in [-0.2, 0) is 11.2 Å². The van der Waals surface area contributed by atoms with E-state index < -0.39 is 12.0 Å². The van der Waals surface area contributed by atoms with Crippen LogP contribution in [0.15, 0.2) is 24.3 Å². The molecule has 27 heavy (non-hydrogen) atoms. The Labute approximate surface area is 163 Å². The first-order chi connectivity index (χ1) is 13.2. The van der Waals surface area contributed by atoms with E-state index in [1.807, 2.05) is 0 Å². The molecule has 2 aliphatic rings. The lowest BCUT2D eigenvalue weighted by Crippen LogP contribution is -2.48. The molecule has 2 atom stereocenters. The van der Waals surface area contributed by atoms with Gasteiger partial charge in [-0.1, -0.05) is 37.0 Å². The van der Waals surface area contributed by atoms with Crippen molar-refractivity contribution in [1.82, 2.24) is 10.2 Å². The lowest BCUT2D eigenvalue weighted by Gasteiger charge is -2.39. The highest BCUT2D eigenvalue weighted by Crippen LogP contribution is 2.36. The zero-order chi connectivity index (χ0) is 19.1. The summed E-state index contributed by atoms with van der Waals surface area (Å²) in [6.45, 7) is 2.57. The summed E-state index contributed by atoms with van der Waals surface area (Å²) in [6, 6.07) is 8.86. The number of carboxylic acids is 1. The van der Waals surface area contributed by atoms with Gasteiger partial charge in [-0.3, -0.25) is 9.69 Å². The van der Waals surface area contributed by atoms with E-state index >= 15 is 0 Å². The van der Waals surface area contributed by atoms with Gasteiger partial charge in [-0.15, -0.1) is 0 Å². The standard InChI is InChI=1S/C21H32BN2O3/c25-21(26)20(23-13-5-12-22-27)17-10-14-24(15-11-17)19-9-4-2-7-16-6-1-3-8-18(16)19/h1,3,6,8,17,19-20,23,27H,2,4-5,7,9-15H2,(H,25,26). The maximum absolute atomic E-state index is 11.7. The quantitative estimate of drug-likeness (QED) is 0.372. The summed E-state index contributed by atoms with van der Waals surface area (Å²) in [4.78, 5) is 14.3. The van der Waals surface area contributed by atoms with Gasteiger partial charge in [-0.25, -0.2) is 0 Å². The van der Waals surface area contributed by atoms with Gasteiger partial charge >= 0.3 is 5.97 Å². The Hall–Kier alpha value is -1.37. The number of hydrogen-bond donors (Lipinski definition) is 3. The normalized spacial score (nSPS) is 22.6. The van der Waals surface area contributed by atoms with Crippen LogP contribution in [0.5, 0.6) is 0 Å². The molecule has 1 saturated heterocycles. The molecule has 0 saturated carbocycles. The van der Waals surface area contributed by atoms with Crippen LogP contribution < -0.4 is 5.32 Å². The molecular weight excluding hydrogens is 339 g/mol. The summed E-state index contributed by atoms with van der Waals surface area (Å²) in [7, 11) is 1.14. The average Bonchev–Trinajstić information content (AvgIpc) is 2.90. The first-order valence-corrected chi connectivity index (χ1v) is 10.4. The van der Waals surface area contributed by atoms with E-state index in [4.69, 9.17) is 5.02 Å². The molecule has 6 heteroatoms. The molecule has 3 N–H and O–H groups in total. The van der Waals surface area contributed by atoms with Crippen molar-refractivity contribution in [2.75, 3.05) is 19.6 Å². The number of fused-ring (bicyclic) bond motifs is 1. The summed E-state index contributed by atoms with van der Waals surface area (Å²) < 4.78 is 0. The fraction of sp³-hybridized carbons (Fsp3) is 0.667. The fourth-order valence-electron chi connectivity index (χ4n) is 4.75. The molecular formula is C21H32BN2O3. The predicted octanol–water partition coefficient (Wildman–Crippen LogP) is 2.63. The highest BCUT2D eigenvalue weighted by Gasteiger charge is 2.34. The van der Waals surface area contributed by atoms with E-state index in [9.17, 15) is 9.90 Å². The second-order valence-electron chi connectivity index (χ2n) is 7.93. The lowest BCUT2D eigenvalue weighted by molar-refractivity contribution is -0.141. The van der Waals surface area contributed by atoms with Crippen LogP contribution in [0, 0.1) is 5.92 Å². The third-order valence-electron chi connectivity index (χ3n) is 6.21. The van der Waals surface area contributed by atoms with Gasteiger partial charge in [0, 0.05) is 6.04 Å². The summed E-state index contributed by atoms with van der Waals surface area (Å²) in [5.41, 5.74) is 2.98. The Bertz CT molecular complexity index is 605. The van der Waals surface area contributed by atoms with Crippen LogP contribution in [0.25, 0.3) is 0 Å². The smallest absolute Gasteiger partial charge is 0.320 e. The second kappa shape index (κ2) is 10.3. The van der Waals surface area contributed by atoms with Gasteiger partial charge in [0.2, 0.25) is 0 Å². The van der Waals surface area contributed by atoms with E-state index in [2.05, 4.69) is 34.5 Å². The van der Waals surface area contributed by atoms with Crippen LogP contribution in [0.3, 0.4) is 0 Å². The maximum atomic E-state index is 11.7. The van der Waals surface area contributed by atoms with Crippen LogP contribution >= 0.6 is 0 Å². The molecule has 1 fully saturated rings. The number of rotatable bonds is 8. The lowest BCUT2D eigenvalue weighted by atomic mass is 9.87. The highest BCUT2D eigenvalue weighted by atomic mass is 16.4. The second-order valence-corrected chi connectivity index (χ2v) is 7.93. The number of hydrogen-bond acceptors (Lipinski definition) is 4. The van der Waals surface area contributed by atoms with E-state index in [0.29, 0.717) is 18.9 Å². The highest BCUT2D eigenvalue weighted by molar-refractivity contribution is 6.25. The van der Waals surface area contributed by atoms with Gasteiger partial charge in [0.15, 0.2) is 0 Å². The molecule has 5 nitrogen and oxygen atoms in total. The van der Waals surface area contributed by atoms with Crippen molar-refractivity contribution < 1.29 is 14.9 Å². The summed E-state index contributed by atoms with van der Waals surface area (Å²) in [6.07, 6.45) is 8.13. The zero-order valence-electron chi connectivity index (χ0n) is 16.1. The topological polar surface area (TPSA) is 72.8 Å². The number of nitrogens with zero attached hydrogens (tertiary/aromatic N) is 1. The Balaban J connectivity index is 1.58. The number of carboxylic acid groups (broad SMARTS) is 1. The minimum absolute atomic E-state index is 0.179. The molecule has 1 radical (unpaired) electrons. The van der Waals surface area contributed by atoms with Crippen molar-refractivity contribution in [3.63, 3.8) is 0 Å². The number of piperidine rings is 1. The largest absolute Gasteiger partial charge is 0.480 e. The molecule has 1 aromatic rings. The van der Waals surface area contributed by atoms with Gasteiger partial charge in [-0.2, -0.15) is 0 Å². The van der Waals surface area contributed by atoms with E-state index in [1.165, 1.54) is 36.8 Å². The number of aryl methyl sites for hydroxylation is 1. The van der Waals surface area contributed by atoms with Gasteiger partial charge in [0.05, 0.1) is 0 Å². The minimum atomic E-state index is -0.749. The van der Waals surface area contributed by atoms with E-state index in [1.54, 1.807) is 0 Å². The van der Waals surface area contributed by atoms with E-state index in [0.717, 1.165) is 39.8 Å². The molecule has 0 aromatic heterocycles. The Kier molecular flexibility index (Phi) is 7.74. The van der Waals surface area contributed by atoms with Crippen LogP contribution in [0.2, 0.25) is 6.32 Å². The van der Waals surface area contributed by atoms with Crippen LogP contribution in [-0.4, -0.2) is 54.2 Å². The van der Waals surface area contributed by atoms with Gasteiger partial charge in [0.25, 0.3) is 7.48 Å². The SMILES string of the molecule is O=C(O)C(NCCC[B]O)C1CCN(C2CCCCc3ccccc32)CC1. The number of aliphatic carboxylic acids is 1. The first kappa shape index (κ1) is 20.4. The number of likely N-dealkylation sites (tertiary alicyclic amines) is 1. The van der Waals surface area contributed by atoms with Crippen molar-refractivity contribution >= 4 is 13.5 Å². The van der Waals surface area contributed by atoms with Crippen molar-refractivity contribution in [3.8, 4) is 0 Å². The Morgan fingerprint density at radius 3 is 2.74 bits per heavy atom. The molecule has 2 unspecified atom stereocenters. The first-order valence-electron chi connectivity index (χ1n) is 10.4. The minimum Gasteiger partial charge on any atom is -0.480 e. The number of nitrogens with one attached hydrogen (secondary N) is 1. The molecule has 1 aliphatic heterocycles. The van der Waals surface area contributed by atoms with E-state index in [-0.39, 0.29) is 5.92 Å². The molecule has 1 aromatic carbocycles. The fourth-order valence-corrected chi connectivity index (χ4v) is 4.75. The van der Waals surface area contributed by atoms with Crippen LogP contribution in [0.1, 0.15) is 55.7 Å². The maximum Gasteiger partial charge on any atom is 0.320 e. The Morgan fingerprint density at radius 1 is 1.22 bits per heavy atom. The Morgan fingerprint density at radius 2 is 2.00 bits per heavy atom. The third-order valence-corrected chi connectivity index (χ3v) is 6.21. The van der Waals surface area contributed by atoms with Gasteiger partial charge < -0.3 is 15.4 Å². The van der Waals surface area contributed by atoms with Crippen molar-refractivity contribution in [3.05, 3.63) is 35.4 Å². The molecule has 0 amide bonds. The van der Waals surface area contributed by atoms with Crippen molar-refractivity contribution in [1.29, 1.82) is 0 Å². The summed E-state index contributed by atoms with van der Waals surface area (Å²) in [5, 5.41) is 21.6. The average molecular weight is 371 g/mol. The van der Waals surface area contributed by atoms with Gasteiger partial charge in [-0.05, 0) is 75.2 Å². The molecule has 3 rings (SSSR count). The molecule has 0 spiro atoms. The zero-order valence-corrected chi connectivity index (χ0v) is 16.1. The molecule has 147 valence electrons.